The van der Waals surface area contributed by atoms with Crippen molar-refractivity contribution in [2.45, 2.75) is 26.4 Å². The molecule has 2 N–H and O–H groups in total. The summed E-state index contributed by atoms with van der Waals surface area (Å²) in [5, 5.41) is 5.35. The molecule has 2 aromatic carbocycles. The van der Waals surface area contributed by atoms with Crippen molar-refractivity contribution in [2.24, 2.45) is 0 Å². The minimum atomic E-state index is -0.682. The Hall–Kier alpha value is -3.15. The minimum Gasteiger partial charge on any atom is -0.484 e. The fourth-order valence-corrected chi connectivity index (χ4v) is 2.24. The third-order valence-electron chi connectivity index (χ3n) is 3.69. The Labute approximate surface area is 152 Å². The first-order valence-electron chi connectivity index (χ1n) is 8.30. The summed E-state index contributed by atoms with van der Waals surface area (Å²) in [6, 6.07) is 15.4. The third-order valence-corrected chi connectivity index (χ3v) is 3.69. The monoisotopic (exact) mass is 354 g/mol. The second-order valence-corrected chi connectivity index (χ2v) is 5.87. The van der Waals surface area contributed by atoms with Crippen LogP contribution in [0.3, 0.4) is 0 Å². The van der Waals surface area contributed by atoms with Gasteiger partial charge in [0.15, 0.2) is 12.4 Å². The molecule has 6 heteroatoms. The molecule has 2 rings (SSSR count). The van der Waals surface area contributed by atoms with Crippen LogP contribution in [-0.4, -0.2) is 30.2 Å². The number of hydrogen-bond donors (Lipinski definition) is 2. The molecule has 0 heterocycles. The number of carbonyl (C=O) groups is 3. The highest BCUT2D eigenvalue weighted by Gasteiger charge is 2.15. The van der Waals surface area contributed by atoms with Gasteiger partial charge >= 0.3 is 0 Å². The van der Waals surface area contributed by atoms with E-state index in [-0.39, 0.29) is 18.3 Å². The standard InChI is InChI=1S/C20H22N2O4/c1-14(20(25)21-12-16-7-4-3-5-8-16)22-19(24)13-26-18-10-6-9-17(11-18)15(2)23/h3-11,14H,12-13H2,1-2H3,(H,21,25)(H,22,24). The van der Waals surface area contributed by atoms with Gasteiger partial charge in [0.1, 0.15) is 11.8 Å². The Balaban J connectivity index is 1.76. The van der Waals surface area contributed by atoms with E-state index in [0.29, 0.717) is 17.9 Å². The molecule has 0 saturated carbocycles. The first kappa shape index (κ1) is 19.2. The number of rotatable bonds is 8. The molecule has 0 radical (unpaired) electrons. The van der Waals surface area contributed by atoms with Crippen LogP contribution in [0.25, 0.3) is 0 Å². The second kappa shape index (κ2) is 9.36. The van der Waals surface area contributed by atoms with Crippen molar-refractivity contribution >= 4 is 17.6 Å². The molecular weight excluding hydrogens is 332 g/mol. The summed E-state index contributed by atoms with van der Waals surface area (Å²) < 4.78 is 5.37. The van der Waals surface area contributed by atoms with Crippen LogP contribution in [0.2, 0.25) is 0 Å². The lowest BCUT2D eigenvalue weighted by atomic mass is 10.1. The van der Waals surface area contributed by atoms with Crippen molar-refractivity contribution in [1.29, 1.82) is 0 Å². The van der Waals surface area contributed by atoms with E-state index in [1.54, 1.807) is 31.2 Å². The topological polar surface area (TPSA) is 84.5 Å². The molecule has 26 heavy (non-hydrogen) atoms. The molecule has 6 nitrogen and oxygen atoms in total. The van der Waals surface area contributed by atoms with E-state index in [2.05, 4.69) is 10.6 Å². The number of nitrogens with one attached hydrogen (secondary N) is 2. The molecule has 0 spiro atoms. The fourth-order valence-electron chi connectivity index (χ4n) is 2.24. The average molecular weight is 354 g/mol. The van der Waals surface area contributed by atoms with E-state index in [4.69, 9.17) is 4.74 Å². The zero-order valence-electron chi connectivity index (χ0n) is 14.8. The van der Waals surface area contributed by atoms with Gasteiger partial charge in [0.2, 0.25) is 5.91 Å². The molecule has 2 aromatic rings. The highest BCUT2D eigenvalue weighted by Crippen LogP contribution is 2.13. The molecule has 0 aliphatic rings. The van der Waals surface area contributed by atoms with E-state index in [1.165, 1.54) is 6.92 Å². The fraction of sp³-hybridized carbons (Fsp3) is 0.250. The maximum atomic E-state index is 12.0. The summed E-state index contributed by atoms with van der Waals surface area (Å²) in [4.78, 5) is 35.3. The van der Waals surface area contributed by atoms with Gasteiger partial charge in [-0.05, 0) is 31.5 Å². The molecule has 0 bridgehead atoms. The van der Waals surface area contributed by atoms with Crippen LogP contribution in [0.4, 0.5) is 0 Å². The normalized spacial score (nSPS) is 11.3. The number of Topliss-reactive ketones (excluding diaryl/α,β-unsaturated/α-hetero) is 1. The Morgan fingerprint density at radius 1 is 1.04 bits per heavy atom. The van der Waals surface area contributed by atoms with E-state index >= 15 is 0 Å². The van der Waals surface area contributed by atoms with E-state index in [9.17, 15) is 14.4 Å². The van der Waals surface area contributed by atoms with Crippen LogP contribution in [0.5, 0.6) is 5.75 Å². The summed E-state index contributed by atoms with van der Waals surface area (Å²) in [6.45, 7) is 3.22. The van der Waals surface area contributed by atoms with Crippen LogP contribution >= 0.6 is 0 Å². The lowest BCUT2D eigenvalue weighted by Gasteiger charge is -2.14. The van der Waals surface area contributed by atoms with Crippen LogP contribution in [0, 0.1) is 0 Å². The average Bonchev–Trinajstić information content (AvgIpc) is 2.65. The molecule has 136 valence electrons. The molecule has 0 aromatic heterocycles. The van der Waals surface area contributed by atoms with E-state index in [0.717, 1.165) is 5.56 Å². The Kier molecular flexibility index (Phi) is 6.91. The van der Waals surface area contributed by atoms with Crippen LogP contribution in [-0.2, 0) is 16.1 Å². The van der Waals surface area contributed by atoms with Crippen molar-refractivity contribution < 1.29 is 19.1 Å². The lowest BCUT2D eigenvalue weighted by molar-refractivity contribution is -0.129. The number of hydrogen-bond acceptors (Lipinski definition) is 4. The molecule has 0 fully saturated rings. The van der Waals surface area contributed by atoms with Crippen molar-refractivity contribution in [2.75, 3.05) is 6.61 Å². The first-order valence-corrected chi connectivity index (χ1v) is 8.30. The lowest BCUT2D eigenvalue weighted by Crippen LogP contribution is -2.46. The summed E-state index contributed by atoms with van der Waals surface area (Å²) in [7, 11) is 0. The summed E-state index contributed by atoms with van der Waals surface area (Å²) in [6.07, 6.45) is 0. The van der Waals surface area contributed by atoms with E-state index in [1.807, 2.05) is 30.3 Å². The number of ether oxygens (including phenoxy) is 1. The van der Waals surface area contributed by atoms with Gasteiger partial charge in [0, 0.05) is 12.1 Å². The highest BCUT2D eigenvalue weighted by atomic mass is 16.5. The minimum absolute atomic E-state index is 0.0800. The van der Waals surface area contributed by atoms with Crippen molar-refractivity contribution in [1.82, 2.24) is 10.6 Å². The third kappa shape index (κ3) is 6.05. The number of carbonyl (C=O) groups excluding carboxylic acids is 3. The van der Waals surface area contributed by atoms with Crippen molar-refractivity contribution in [3.63, 3.8) is 0 Å². The molecule has 1 unspecified atom stereocenters. The van der Waals surface area contributed by atoms with Gasteiger partial charge in [-0.3, -0.25) is 14.4 Å². The molecule has 0 aliphatic heterocycles. The Morgan fingerprint density at radius 2 is 1.77 bits per heavy atom. The number of benzene rings is 2. The van der Waals surface area contributed by atoms with Gasteiger partial charge in [-0.1, -0.05) is 42.5 Å². The van der Waals surface area contributed by atoms with Gasteiger partial charge in [-0.25, -0.2) is 0 Å². The molecule has 2 amide bonds. The smallest absolute Gasteiger partial charge is 0.258 e. The van der Waals surface area contributed by atoms with Crippen molar-refractivity contribution in [3.8, 4) is 5.75 Å². The maximum Gasteiger partial charge on any atom is 0.258 e. The molecular formula is C20H22N2O4. The predicted molar refractivity (Wildman–Crippen MR) is 97.8 cm³/mol. The largest absolute Gasteiger partial charge is 0.484 e. The number of ketones is 1. The second-order valence-electron chi connectivity index (χ2n) is 5.87. The van der Waals surface area contributed by atoms with Gasteiger partial charge in [0.25, 0.3) is 5.91 Å². The van der Waals surface area contributed by atoms with Gasteiger partial charge < -0.3 is 15.4 Å². The predicted octanol–water partition coefficient (Wildman–Crippen LogP) is 2.09. The molecule has 0 saturated heterocycles. The van der Waals surface area contributed by atoms with Gasteiger partial charge in [0.05, 0.1) is 0 Å². The zero-order chi connectivity index (χ0) is 18.9. The van der Waals surface area contributed by atoms with Crippen LogP contribution in [0.1, 0.15) is 29.8 Å². The summed E-state index contributed by atoms with van der Waals surface area (Å²) in [5.41, 5.74) is 1.49. The van der Waals surface area contributed by atoms with Gasteiger partial charge in [-0.15, -0.1) is 0 Å². The summed E-state index contributed by atoms with van der Waals surface area (Å²) in [5.74, 6) is -0.348. The highest BCUT2D eigenvalue weighted by molar-refractivity contribution is 5.94. The van der Waals surface area contributed by atoms with Crippen LogP contribution < -0.4 is 15.4 Å². The SMILES string of the molecule is CC(=O)c1cccc(OCC(=O)NC(C)C(=O)NCc2ccccc2)c1. The molecule has 0 aliphatic carbocycles. The Morgan fingerprint density at radius 3 is 2.46 bits per heavy atom. The Bertz CT molecular complexity index is 774. The maximum absolute atomic E-state index is 12.0. The summed E-state index contributed by atoms with van der Waals surface area (Å²) >= 11 is 0. The number of amides is 2. The van der Waals surface area contributed by atoms with Crippen molar-refractivity contribution in [3.05, 3.63) is 65.7 Å². The molecule has 1 atom stereocenters. The zero-order valence-corrected chi connectivity index (χ0v) is 14.8. The van der Waals surface area contributed by atoms with Crippen LogP contribution in [0.15, 0.2) is 54.6 Å². The van der Waals surface area contributed by atoms with Gasteiger partial charge in [-0.2, -0.15) is 0 Å². The van der Waals surface area contributed by atoms with E-state index < -0.39 is 11.9 Å². The first-order chi connectivity index (χ1) is 12.5. The quantitative estimate of drug-likeness (QED) is 0.711.